The molecule has 1 atom stereocenters. The Balaban J connectivity index is 0.00000261. The van der Waals surface area contributed by atoms with Crippen LogP contribution in [0.5, 0.6) is 11.5 Å². The topological polar surface area (TPSA) is 64.8 Å². The van der Waals surface area contributed by atoms with Gasteiger partial charge in [0.1, 0.15) is 6.61 Å². The van der Waals surface area contributed by atoms with E-state index in [9.17, 15) is 4.79 Å². The van der Waals surface area contributed by atoms with E-state index in [0.29, 0.717) is 24.7 Å². The predicted molar refractivity (Wildman–Crippen MR) is 108 cm³/mol. The number of halogens is 1. The van der Waals surface area contributed by atoms with Crippen molar-refractivity contribution in [2.75, 3.05) is 19.7 Å². The molecule has 1 unspecified atom stereocenters. The van der Waals surface area contributed by atoms with Gasteiger partial charge in [0.2, 0.25) is 0 Å². The molecular weight excluding hydrogens is 364 g/mol. The third-order valence-corrected chi connectivity index (χ3v) is 4.66. The van der Waals surface area contributed by atoms with E-state index in [1.54, 1.807) is 0 Å². The van der Waals surface area contributed by atoms with Gasteiger partial charge >= 0.3 is 0 Å². The summed E-state index contributed by atoms with van der Waals surface area (Å²) in [4.78, 5) is 14.4. The Kier molecular flexibility index (Phi) is 8.43. The maximum absolute atomic E-state index is 12.5. The molecule has 1 amide bonds. The fourth-order valence-corrected chi connectivity index (χ4v) is 3.22. The summed E-state index contributed by atoms with van der Waals surface area (Å²) in [5.41, 5.74) is 6.88. The smallest absolute Gasteiger partial charge is 0.260 e. The molecule has 3 rings (SSSR count). The van der Waals surface area contributed by atoms with E-state index in [1.165, 1.54) is 0 Å². The number of carbonyl (C=O) groups is 1. The van der Waals surface area contributed by atoms with E-state index >= 15 is 0 Å². The molecule has 1 fully saturated rings. The minimum Gasteiger partial charge on any atom is -0.485 e. The standard InChI is InChI=1S/C21H26N2O3.ClH/c22-14-18-10-6-7-13-23(18)21(24)16-26-20-12-5-4-11-19(20)25-15-17-8-2-1-3-9-17;/h1-5,8-9,11-12,18H,6-7,10,13-16,22H2;1H. The first kappa shape index (κ1) is 21.1. The van der Waals surface area contributed by atoms with E-state index in [0.717, 1.165) is 31.4 Å². The molecule has 0 saturated carbocycles. The molecule has 0 radical (unpaired) electrons. The molecule has 1 aliphatic rings. The van der Waals surface area contributed by atoms with Gasteiger partial charge < -0.3 is 20.1 Å². The van der Waals surface area contributed by atoms with Gasteiger partial charge in [-0.05, 0) is 37.0 Å². The van der Waals surface area contributed by atoms with Crippen LogP contribution < -0.4 is 15.2 Å². The molecule has 146 valence electrons. The number of hydrogen-bond acceptors (Lipinski definition) is 4. The third-order valence-electron chi connectivity index (χ3n) is 4.66. The zero-order valence-electron chi connectivity index (χ0n) is 15.4. The normalized spacial score (nSPS) is 16.3. The molecule has 0 spiro atoms. The van der Waals surface area contributed by atoms with Crippen LogP contribution in [0.3, 0.4) is 0 Å². The molecule has 2 aromatic carbocycles. The second-order valence-electron chi connectivity index (χ2n) is 6.48. The van der Waals surface area contributed by atoms with Crippen molar-refractivity contribution in [1.82, 2.24) is 4.90 Å². The number of nitrogens with zero attached hydrogens (tertiary/aromatic N) is 1. The second-order valence-corrected chi connectivity index (χ2v) is 6.48. The summed E-state index contributed by atoms with van der Waals surface area (Å²) in [6.07, 6.45) is 3.13. The molecular formula is C21H27ClN2O3. The maximum Gasteiger partial charge on any atom is 0.260 e. The Bertz CT molecular complexity index is 712. The van der Waals surface area contributed by atoms with Crippen molar-refractivity contribution < 1.29 is 14.3 Å². The van der Waals surface area contributed by atoms with Crippen molar-refractivity contribution in [3.63, 3.8) is 0 Å². The van der Waals surface area contributed by atoms with E-state index in [2.05, 4.69) is 0 Å². The molecule has 0 aliphatic carbocycles. The average Bonchev–Trinajstić information content (AvgIpc) is 2.71. The van der Waals surface area contributed by atoms with Gasteiger partial charge in [-0.25, -0.2) is 0 Å². The number of piperidine rings is 1. The van der Waals surface area contributed by atoms with Gasteiger partial charge in [0.15, 0.2) is 18.1 Å². The van der Waals surface area contributed by atoms with Crippen LogP contribution in [-0.2, 0) is 11.4 Å². The van der Waals surface area contributed by atoms with Gasteiger partial charge in [0.05, 0.1) is 0 Å². The van der Waals surface area contributed by atoms with Crippen LogP contribution in [0.4, 0.5) is 0 Å². The van der Waals surface area contributed by atoms with Crippen molar-refractivity contribution in [1.29, 1.82) is 0 Å². The SMILES string of the molecule is Cl.NCC1CCCCN1C(=O)COc1ccccc1OCc1ccccc1. The number of amides is 1. The molecule has 1 aliphatic heterocycles. The number of likely N-dealkylation sites (tertiary alicyclic amines) is 1. The zero-order valence-corrected chi connectivity index (χ0v) is 16.2. The molecule has 1 saturated heterocycles. The van der Waals surface area contributed by atoms with Crippen LogP contribution in [0.25, 0.3) is 0 Å². The summed E-state index contributed by atoms with van der Waals surface area (Å²) < 4.78 is 11.6. The van der Waals surface area contributed by atoms with Crippen molar-refractivity contribution in [2.45, 2.75) is 31.9 Å². The van der Waals surface area contributed by atoms with Crippen molar-refractivity contribution in [2.24, 2.45) is 5.73 Å². The second kappa shape index (κ2) is 10.8. The van der Waals surface area contributed by atoms with Crippen LogP contribution >= 0.6 is 12.4 Å². The molecule has 2 aromatic rings. The van der Waals surface area contributed by atoms with Crippen molar-refractivity contribution >= 4 is 18.3 Å². The van der Waals surface area contributed by atoms with E-state index in [4.69, 9.17) is 15.2 Å². The third kappa shape index (κ3) is 5.88. The number of benzene rings is 2. The number of para-hydroxylation sites is 2. The lowest BCUT2D eigenvalue weighted by atomic mass is 10.0. The quantitative estimate of drug-likeness (QED) is 0.786. The van der Waals surface area contributed by atoms with E-state index in [-0.39, 0.29) is 31.0 Å². The Morgan fingerprint density at radius 2 is 1.67 bits per heavy atom. The van der Waals surface area contributed by atoms with Gasteiger partial charge in [0, 0.05) is 19.1 Å². The summed E-state index contributed by atoms with van der Waals surface area (Å²) in [6.45, 7) is 1.72. The first-order valence-electron chi connectivity index (χ1n) is 9.16. The number of nitrogens with two attached hydrogens (primary N) is 1. The van der Waals surface area contributed by atoms with Gasteiger partial charge in [-0.1, -0.05) is 42.5 Å². The Hall–Kier alpha value is -2.24. The fraction of sp³-hybridized carbons (Fsp3) is 0.381. The highest BCUT2D eigenvalue weighted by atomic mass is 35.5. The Morgan fingerprint density at radius 3 is 2.37 bits per heavy atom. The van der Waals surface area contributed by atoms with Crippen LogP contribution in [0.15, 0.2) is 54.6 Å². The summed E-state index contributed by atoms with van der Waals surface area (Å²) in [5, 5.41) is 0. The maximum atomic E-state index is 12.5. The van der Waals surface area contributed by atoms with Crippen molar-refractivity contribution in [3.05, 3.63) is 60.2 Å². The monoisotopic (exact) mass is 390 g/mol. The largest absolute Gasteiger partial charge is 0.485 e. The van der Waals surface area contributed by atoms with Gasteiger partial charge in [-0.2, -0.15) is 0 Å². The van der Waals surface area contributed by atoms with Gasteiger partial charge in [0.25, 0.3) is 5.91 Å². The highest BCUT2D eigenvalue weighted by molar-refractivity contribution is 5.85. The molecule has 0 aromatic heterocycles. The molecule has 5 nitrogen and oxygen atoms in total. The molecule has 6 heteroatoms. The highest BCUT2D eigenvalue weighted by Crippen LogP contribution is 2.27. The first-order chi connectivity index (χ1) is 12.8. The lowest BCUT2D eigenvalue weighted by molar-refractivity contribution is -0.136. The summed E-state index contributed by atoms with van der Waals surface area (Å²) in [7, 11) is 0. The summed E-state index contributed by atoms with van der Waals surface area (Å²) in [5.74, 6) is 1.20. The number of hydrogen-bond donors (Lipinski definition) is 1. The van der Waals surface area contributed by atoms with E-state index in [1.807, 2.05) is 59.5 Å². The van der Waals surface area contributed by atoms with Gasteiger partial charge in [-0.15, -0.1) is 12.4 Å². The Morgan fingerprint density at radius 1 is 1.00 bits per heavy atom. The average molecular weight is 391 g/mol. The zero-order chi connectivity index (χ0) is 18.2. The van der Waals surface area contributed by atoms with Crippen LogP contribution in [0, 0.1) is 0 Å². The van der Waals surface area contributed by atoms with E-state index < -0.39 is 0 Å². The number of ether oxygens (including phenoxy) is 2. The van der Waals surface area contributed by atoms with Crippen LogP contribution in [-0.4, -0.2) is 36.5 Å². The number of rotatable bonds is 7. The molecule has 0 bridgehead atoms. The van der Waals surface area contributed by atoms with Crippen LogP contribution in [0.1, 0.15) is 24.8 Å². The molecule has 1 heterocycles. The Labute approximate surface area is 166 Å². The predicted octanol–water partition coefficient (Wildman–Crippen LogP) is 3.41. The minimum atomic E-state index is -0.0157. The molecule has 2 N–H and O–H groups in total. The molecule has 27 heavy (non-hydrogen) atoms. The summed E-state index contributed by atoms with van der Waals surface area (Å²) >= 11 is 0. The summed E-state index contributed by atoms with van der Waals surface area (Å²) in [6, 6.07) is 17.5. The van der Waals surface area contributed by atoms with Crippen molar-refractivity contribution in [3.8, 4) is 11.5 Å². The van der Waals surface area contributed by atoms with Crippen LogP contribution in [0.2, 0.25) is 0 Å². The first-order valence-corrected chi connectivity index (χ1v) is 9.16. The lowest BCUT2D eigenvalue weighted by Gasteiger charge is -2.35. The number of carbonyl (C=O) groups excluding carboxylic acids is 1. The van der Waals surface area contributed by atoms with Gasteiger partial charge in [-0.3, -0.25) is 4.79 Å². The fourth-order valence-electron chi connectivity index (χ4n) is 3.22. The highest BCUT2D eigenvalue weighted by Gasteiger charge is 2.25. The minimum absolute atomic E-state index is 0. The lowest BCUT2D eigenvalue weighted by Crippen LogP contribution is -2.49.